The quantitative estimate of drug-likeness (QED) is 0.603. The van der Waals surface area contributed by atoms with Crippen molar-refractivity contribution in [2.24, 2.45) is 5.73 Å². The molecule has 2 aromatic carbocycles. The van der Waals surface area contributed by atoms with Crippen molar-refractivity contribution in [3.8, 4) is 0 Å². The minimum Gasteiger partial charge on any atom is -0.445 e. The van der Waals surface area contributed by atoms with Crippen molar-refractivity contribution in [2.75, 3.05) is 13.2 Å². The largest absolute Gasteiger partial charge is 0.445 e. The van der Waals surface area contributed by atoms with E-state index in [4.69, 9.17) is 15.2 Å². The Morgan fingerprint density at radius 2 is 1.61 bits per heavy atom. The van der Waals surface area contributed by atoms with Crippen molar-refractivity contribution < 1.29 is 14.3 Å². The number of carbonyl (C=O) groups excluding carboxylic acids is 1. The number of hydrogen-bond donors (Lipinski definition) is 1. The molecule has 0 bridgehead atoms. The van der Waals surface area contributed by atoms with Gasteiger partial charge in [0, 0.05) is 13.1 Å². The van der Waals surface area contributed by atoms with E-state index in [0.717, 1.165) is 11.1 Å². The Morgan fingerprint density at radius 3 is 2.29 bits per heavy atom. The monoisotopic (exact) mass is 443 g/mol. The Labute approximate surface area is 187 Å². The van der Waals surface area contributed by atoms with Gasteiger partial charge in [0.25, 0.3) is 0 Å². The maximum absolute atomic E-state index is 12.4. The highest BCUT2D eigenvalue weighted by atomic mass is 35.5. The third-order valence-electron chi connectivity index (χ3n) is 4.99. The topological polar surface area (TPSA) is 95.5 Å². The smallest absolute Gasteiger partial charge is 0.410 e. The van der Waals surface area contributed by atoms with Crippen LogP contribution in [0.5, 0.6) is 0 Å². The third-order valence-corrected chi connectivity index (χ3v) is 4.99. The number of rotatable bonds is 7. The minimum absolute atomic E-state index is 0. The van der Waals surface area contributed by atoms with E-state index in [0.29, 0.717) is 44.5 Å². The lowest BCUT2D eigenvalue weighted by Gasteiger charge is -2.27. The zero-order valence-corrected chi connectivity index (χ0v) is 17.9. The summed E-state index contributed by atoms with van der Waals surface area (Å²) in [7, 11) is 0. The van der Waals surface area contributed by atoms with E-state index < -0.39 is 0 Å². The number of aromatic nitrogens is 3. The first kappa shape index (κ1) is 22.7. The third kappa shape index (κ3) is 5.81. The van der Waals surface area contributed by atoms with Gasteiger partial charge in [0.05, 0.1) is 25.8 Å². The molecular formula is C22H26ClN5O3. The van der Waals surface area contributed by atoms with Crippen molar-refractivity contribution in [3.63, 3.8) is 0 Å². The first-order valence-electron chi connectivity index (χ1n) is 9.95. The van der Waals surface area contributed by atoms with Crippen LogP contribution in [0.2, 0.25) is 0 Å². The number of nitrogens with zero attached hydrogens (tertiary/aromatic N) is 4. The second kappa shape index (κ2) is 10.9. The number of amides is 1. The summed E-state index contributed by atoms with van der Waals surface area (Å²) in [4.78, 5) is 14.0. The molecule has 2 heterocycles. The summed E-state index contributed by atoms with van der Waals surface area (Å²) in [5.74, 6) is 1.38. The molecule has 1 aliphatic rings. The van der Waals surface area contributed by atoms with Gasteiger partial charge in [0.15, 0.2) is 11.6 Å². The first-order chi connectivity index (χ1) is 14.7. The van der Waals surface area contributed by atoms with Crippen molar-refractivity contribution in [1.82, 2.24) is 19.7 Å². The highest BCUT2D eigenvalue weighted by molar-refractivity contribution is 5.85. The summed E-state index contributed by atoms with van der Waals surface area (Å²) in [6, 6.07) is 19.2. The predicted octanol–water partition coefficient (Wildman–Crippen LogP) is 3.07. The summed E-state index contributed by atoms with van der Waals surface area (Å²) in [5, 5.41) is 8.46. The maximum atomic E-state index is 12.4. The van der Waals surface area contributed by atoms with Crippen LogP contribution in [0.1, 0.15) is 28.8 Å². The standard InChI is InChI=1S/C22H25N5O3.ClH/c23-19(16-29-14-17-7-3-1-4-8-17)21-25-24-20-13-26(11-12-27(20)21)22(28)30-15-18-9-5-2-6-10-18;/h1-10,19H,11-16,23H2;1H/t19-;/m1./s1. The van der Waals surface area contributed by atoms with E-state index >= 15 is 0 Å². The van der Waals surface area contributed by atoms with Crippen LogP contribution in [0.3, 0.4) is 0 Å². The van der Waals surface area contributed by atoms with Gasteiger partial charge in [-0.15, -0.1) is 22.6 Å². The van der Waals surface area contributed by atoms with Crippen LogP contribution in [0.25, 0.3) is 0 Å². The molecule has 4 rings (SSSR count). The molecule has 1 amide bonds. The molecule has 3 aromatic rings. The van der Waals surface area contributed by atoms with Gasteiger partial charge >= 0.3 is 6.09 Å². The second-order valence-corrected chi connectivity index (χ2v) is 7.20. The summed E-state index contributed by atoms with van der Waals surface area (Å²) in [6.07, 6.45) is -0.356. The van der Waals surface area contributed by atoms with Crippen molar-refractivity contribution >= 4 is 18.5 Å². The molecule has 1 aromatic heterocycles. The van der Waals surface area contributed by atoms with Crippen LogP contribution < -0.4 is 5.73 Å². The van der Waals surface area contributed by atoms with E-state index in [1.807, 2.05) is 65.2 Å². The van der Waals surface area contributed by atoms with E-state index in [1.54, 1.807) is 4.90 Å². The van der Waals surface area contributed by atoms with Crippen LogP contribution in [-0.2, 0) is 35.8 Å². The molecule has 0 fully saturated rings. The van der Waals surface area contributed by atoms with Gasteiger partial charge in [-0.25, -0.2) is 4.79 Å². The lowest BCUT2D eigenvalue weighted by molar-refractivity contribution is 0.0847. The summed E-state index contributed by atoms with van der Waals surface area (Å²) >= 11 is 0. The lowest BCUT2D eigenvalue weighted by Crippen LogP contribution is -2.39. The molecule has 1 aliphatic heterocycles. The number of hydrogen-bond acceptors (Lipinski definition) is 6. The van der Waals surface area contributed by atoms with E-state index in [2.05, 4.69) is 10.2 Å². The van der Waals surface area contributed by atoms with Gasteiger partial charge < -0.3 is 19.8 Å². The predicted molar refractivity (Wildman–Crippen MR) is 117 cm³/mol. The summed E-state index contributed by atoms with van der Waals surface area (Å²) in [5.41, 5.74) is 8.33. The van der Waals surface area contributed by atoms with Gasteiger partial charge in [-0.2, -0.15) is 0 Å². The normalized spacial score (nSPS) is 13.8. The summed E-state index contributed by atoms with van der Waals surface area (Å²) < 4.78 is 13.1. The Morgan fingerprint density at radius 1 is 0.968 bits per heavy atom. The Balaban J connectivity index is 0.00000272. The van der Waals surface area contributed by atoms with Gasteiger partial charge in [-0.05, 0) is 11.1 Å². The van der Waals surface area contributed by atoms with E-state index in [-0.39, 0.29) is 31.1 Å². The van der Waals surface area contributed by atoms with Crippen LogP contribution in [0.4, 0.5) is 4.79 Å². The zero-order valence-electron chi connectivity index (χ0n) is 17.1. The van der Waals surface area contributed by atoms with Crippen LogP contribution in [0.15, 0.2) is 60.7 Å². The van der Waals surface area contributed by atoms with Gasteiger partial charge in [0.1, 0.15) is 6.61 Å². The highest BCUT2D eigenvalue weighted by Gasteiger charge is 2.27. The number of nitrogens with two attached hydrogens (primary N) is 1. The fourth-order valence-electron chi connectivity index (χ4n) is 3.37. The van der Waals surface area contributed by atoms with Gasteiger partial charge in [-0.1, -0.05) is 60.7 Å². The fraction of sp³-hybridized carbons (Fsp3) is 0.318. The molecule has 9 heteroatoms. The molecule has 8 nitrogen and oxygen atoms in total. The maximum Gasteiger partial charge on any atom is 0.410 e. The highest BCUT2D eigenvalue weighted by Crippen LogP contribution is 2.18. The molecule has 0 spiro atoms. The Bertz CT molecular complexity index is 968. The fourth-order valence-corrected chi connectivity index (χ4v) is 3.37. The molecule has 0 unspecified atom stereocenters. The second-order valence-electron chi connectivity index (χ2n) is 7.20. The molecule has 2 N–H and O–H groups in total. The molecular weight excluding hydrogens is 418 g/mol. The number of carbonyl (C=O) groups is 1. The zero-order chi connectivity index (χ0) is 20.8. The number of fused-ring (bicyclic) bond motifs is 1. The Hall–Kier alpha value is -2.94. The van der Waals surface area contributed by atoms with Crippen LogP contribution in [-0.4, -0.2) is 38.9 Å². The van der Waals surface area contributed by atoms with Crippen LogP contribution in [0, 0.1) is 0 Å². The molecule has 0 radical (unpaired) electrons. The molecule has 1 atom stereocenters. The minimum atomic E-state index is -0.383. The lowest BCUT2D eigenvalue weighted by atomic mass is 10.2. The number of ether oxygens (including phenoxy) is 2. The van der Waals surface area contributed by atoms with E-state index in [9.17, 15) is 4.79 Å². The van der Waals surface area contributed by atoms with Crippen LogP contribution >= 0.6 is 12.4 Å². The molecule has 0 aliphatic carbocycles. The van der Waals surface area contributed by atoms with Crippen molar-refractivity contribution in [3.05, 3.63) is 83.4 Å². The Kier molecular flexibility index (Phi) is 8.00. The average Bonchev–Trinajstić information content (AvgIpc) is 3.22. The molecule has 31 heavy (non-hydrogen) atoms. The molecule has 164 valence electrons. The van der Waals surface area contributed by atoms with Gasteiger partial charge in [-0.3, -0.25) is 4.90 Å². The van der Waals surface area contributed by atoms with Crippen molar-refractivity contribution in [2.45, 2.75) is 32.3 Å². The van der Waals surface area contributed by atoms with E-state index in [1.165, 1.54) is 0 Å². The van der Waals surface area contributed by atoms with Crippen molar-refractivity contribution in [1.29, 1.82) is 0 Å². The molecule has 0 saturated heterocycles. The average molecular weight is 444 g/mol. The number of halogens is 1. The van der Waals surface area contributed by atoms with Gasteiger partial charge in [0.2, 0.25) is 0 Å². The molecule has 0 saturated carbocycles. The summed E-state index contributed by atoms with van der Waals surface area (Å²) in [6.45, 7) is 2.52. The first-order valence-corrected chi connectivity index (χ1v) is 9.95. The number of benzene rings is 2. The SMILES string of the molecule is Cl.N[C@H](COCc1ccccc1)c1nnc2n1CCN(C(=O)OCc1ccccc1)C2.